The summed E-state index contributed by atoms with van der Waals surface area (Å²) >= 11 is 0. The minimum atomic E-state index is -0.656. The van der Waals surface area contributed by atoms with E-state index in [0.29, 0.717) is 22.3 Å². The first-order valence-corrected chi connectivity index (χ1v) is 5.08. The van der Waals surface area contributed by atoms with Gasteiger partial charge in [0.25, 0.3) is 0 Å². The van der Waals surface area contributed by atoms with Crippen LogP contribution in [0.25, 0.3) is 10.8 Å². The Kier molecular flexibility index (Phi) is 1.92. The van der Waals surface area contributed by atoms with E-state index in [1.807, 2.05) is 12.1 Å². The molecule has 0 amide bonds. The zero-order valence-electron chi connectivity index (χ0n) is 9.02. The van der Waals surface area contributed by atoms with Crippen LogP contribution in [-0.4, -0.2) is 19.0 Å². The molecule has 4 heteroatoms. The van der Waals surface area contributed by atoms with Gasteiger partial charge in [-0.15, -0.1) is 0 Å². The van der Waals surface area contributed by atoms with Crippen molar-refractivity contribution in [2.24, 2.45) is 0 Å². The molecule has 4 nitrogen and oxygen atoms in total. The molecule has 0 saturated carbocycles. The van der Waals surface area contributed by atoms with E-state index in [4.69, 9.17) is 4.74 Å². The molecule has 0 bridgehead atoms. The summed E-state index contributed by atoms with van der Waals surface area (Å²) in [5.74, 6) is -0.847. The Morgan fingerprint density at radius 2 is 1.88 bits per heavy atom. The summed E-state index contributed by atoms with van der Waals surface area (Å²) < 4.78 is 9.81. The standard InChI is InChI=1S/C13H8O4/c1-16-9-6-5-7-3-2-4-8-10(7)11(9)13(15)17-12(8)14/h2-6H,1H3. The summed E-state index contributed by atoms with van der Waals surface area (Å²) in [6.07, 6.45) is 0. The van der Waals surface area contributed by atoms with Gasteiger partial charge in [-0.2, -0.15) is 0 Å². The Hall–Kier alpha value is -2.36. The van der Waals surface area contributed by atoms with Gasteiger partial charge in [0.1, 0.15) is 11.3 Å². The molecule has 0 saturated heterocycles. The predicted molar refractivity (Wildman–Crippen MR) is 60.2 cm³/mol. The van der Waals surface area contributed by atoms with Gasteiger partial charge in [0, 0.05) is 5.39 Å². The van der Waals surface area contributed by atoms with Gasteiger partial charge in [-0.1, -0.05) is 18.2 Å². The summed E-state index contributed by atoms with van der Waals surface area (Å²) in [4.78, 5) is 23.3. The number of hydrogen-bond donors (Lipinski definition) is 0. The molecule has 3 rings (SSSR count). The van der Waals surface area contributed by atoms with Gasteiger partial charge < -0.3 is 9.47 Å². The van der Waals surface area contributed by atoms with Crippen molar-refractivity contribution >= 4 is 22.7 Å². The quantitative estimate of drug-likeness (QED) is 0.554. The predicted octanol–water partition coefficient (Wildman–Crippen LogP) is 2.16. The van der Waals surface area contributed by atoms with E-state index < -0.39 is 11.9 Å². The van der Waals surface area contributed by atoms with E-state index >= 15 is 0 Å². The number of ether oxygens (including phenoxy) is 2. The van der Waals surface area contributed by atoms with Crippen LogP contribution in [0.4, 0.5) is 0 Å². The Bertz CT molecular complexity index is 658. The lowest BCUT2D eigenvalue weighted by molar-refractivity contribution is 0.0389. The Morgan fingerprint density at radius 1 is 1.06 bits per heavy atom. The minimum absolute atomic E-state index is 0.320. The fourth-order valence-corrected chi connectivity index (χ4v) is 2.09. The third-order valence-corrected chi connectivity index (χ3v) is 2.84. The summed E-state index contributed by atoms with van der Waals surface area (Å²) in [7, 11) is 1.48. The van der Waals surface area contributed by atoms with Gasteiger partial charge >= 0.3 is 11.9 Å². The monoisotopic (exact) mass is 228 g/mol. The lowest BCUT2D eigenvalue weighted by Crippen LogP contribution is -2.20. The maximum Gasteiger partial charge on any atom is 0.350 e. The number of cyclic esters (lactones) is 2. The van der Waals surface area contributed by atoms with Gasteiger partial charge in [-0.05, 0) is 17.5 Å². The van der Waals surface area contributed by atoms with E-state index in [1.54, 1.807) is 18.2 Å². The number of rotatable bonds is 1. The number of carbonyl (C=O) groups is 2. The molecule has 0 N–H and O–H groups in total. The highest BCUT2D eigenvalue weighted by molar-refractivity contribution is 6.21. The van der Waals surface area contributed by atoms with Gasteiger partial charge in [-0.3, -0.25) is 0 Å². The largest absolute Gasteiger partial charge is 0.496 e. The molecular formula is C13H8O4. The van der Waals surface area contributed by atoms with Crippen LogP contribution < -0.4 is 4.74 Å². The highest BCUT2D eigenvalue weighted by Gasteiger charge is 2.29. The molecule has 0 radical (unpaired) electrons. The average Bonchev–Trinajstić information content (AvgIpc) is 2.35. The van der Waals surface area contributed by atoms with E-state index in [-0.39, 0.29) is 0 Å². The zero-order chi connectivity index (χ0) is 12.0. The highest BCUT2D eigenvalue weighted by atomic mass is 16.6. The summed E-state index contributed by atoms with van der Waals surface area (Å²) in [6.45, 7) is 0. The maximum atomic E-state index is 11.7. The third-order valence-electron chi connectivity index (χ3n) is 2.84. The van der Waals surface area contributed by atoms with Gasteiger partial charge in [0.05, 0.1) is 12.7 Å². The second-order valence-corrected chi connectivity index (χ2v) is 3.72. The van der Waals surface area contributed by atoms with Gasteiger partial charge in [-0.25, -0.2) is 9.59 Å². The Balaban J connectivity index is 2.53. The van der Waals surface area contributed by atoms with Crippen molar-refractivity contribution in [3.05, 3.63) is 41.5 Å². The lowest BCUT2D eigenvalue weighted by Gasteiger charge is -2.17. The van der Waals surface area contributed by atoms with Crippen molar-refractivity contribution in [2.75, 3.05) is 7.11 Å². The van der Waals surface area contributed by atoms with Crippen molar-refractivity contribution in [1.82, 2.24) is 0 Å². The second kappa shape index (κ2) is 3.31. The van der Waals surface area contributed by atoms with Crippen LogP contribution in [0.2, 0.25) is 0 Å². The summed E-state index contributed by atoms with van der Waals surface area (Å²) in [5, 5.41) is 1.43. The molecule has 0 fully saturated rings. The molecule has 0 unspecified atom stereocenters. The van der Waals surface area contributed by atoms with Crippen LogP contribution in [0.5, 0.6) is 5.75 Å². The molecule has 2 aromatic carbocycles. The van der Waals surface area contributed by atoms with E-state index in [9.17, 15) is 9.59 Å². The zero-order valence-corrected chi connectivity index (χ0v) is 9.02. The van der Waals surface area contributed by atoms with Crippen LogP contribution in [0.15, 0.2) is 30.3 Å². The highest BCUT2D eigenvalue weighted by Crippen LogP contribution is 2.34. The van der Waals surface area contributed by atoms with Crippen molar-refractivity contribution in [3.8, 4) is 5.75 Å². The minimum Gasteiger partial charge on any atom is -0.496 e. The molecule has 1 heterocycles. The summed E-state index contributed by atoms with van der Waals surface area (Å²) in [6, 6.07) is 8.74. The Labute approximate surface area is 96.8 Å². The fraction of sp³-hybridized carbons (Fsp3) is 0.0769. The van der Waals surface area contributed by atoms with Crippen molar-refractivity contribution in [1.29, 1.82) is 0 Å². The average molecular weight is 228 g/mol. The van der Waals surface area contributed by atoms with Crippen molar-refractivity contribution < 1.29 is 19.1 Å². The summed E-state index contributed by atoms with van der Waals surface area (Å²) in [5.41, 5.74) is 0.719. The van der Waals surface area contributed by atoms with Crippen LogP contribution in [-0.2, 0) is 4.74 Å². The second-order valence-electron chi connectivity index (χ2n) is 3.72. The molecular weight excluding hydrogens is 220 g/mol. The topological polar surface area (TPSA) is 52.6 Å². The van der Waals surface area contributed by atoms with Crippen LogP contribution in [0.3, 0.4) is 0 Å². The smallest absolute Gasteiger partial charge is 0.350 e. The number of esters is 2. The Morgan fingerprint density at radius 3 is 2.65 bits per heavy atom. The molecule has 1 aliphatic heterocycles. The number of methoxy groups -OCH3 is 1. The first-order chi connectivity index (χ1) is 8.22. The van der Waals surface area contributed by atoms with Gasteiger partial charge in [0.2, 0.25) is 0 Å². The number of hydrogen-bond acceptors (Lipinski definition) is 4. The van der Waals surface area contributed by atoms with E-state index in [0.717, 1.165) is 5.39 Å². The molecule has 1 aliphatic rings. The first-order valence-electron chi connectivity index (χ1n) is 5.08. The number of benzene rings is 2. The third kappa shape index (κ3) is 1.24. The molecule has 0 atom stereocenters. The van der Waals surface area contributed by atoms with Crippen LogP contribution in [0, 0.1) is 0 Å². The molecule has 0 aliphatic carbocycles. The normalized spacial score (nSPS) is 13.7. The molecule has 17 heavy (non-hydrogen) atoms. The molecule has 0 aromatic heterocycles. The molecule has 84 valence electrons. The number of carbonyl (C=O) groups excluding carboxylic acids is 2. The van der Waals surface area contributed by atoms with Crippen molar-refractivity contribution in [3.63, 3.8) is 0 Å². The van der Waals surface area contributed by atoms with Gasteiger partial charge in [0.15, 0.2) is 0 Å². The van der Waals surface area contributed by atoms with E-state index in [2.05, 4.69) is 4.74 Å². The molecule has 0 spiro atoms. The van der Waals surface area contributed by atoms with Crippen LogP contribution in [0.1, 0.15) is 20.7 Å². The SMILES string of the molecule is COc1ccc2cccc3c2c1C(=O)OC3=O. The fourth-order valence-electron chi connectivity index (χ4n) is 2.09. The lowest BCUT2D eigenvalue weighted by atomic mass is 9.96. The van der Waals surface area contributed by atoms with E-state index in [1.165, 1.54) is 7.11 Å². The molecule has 2 aromatic rings. The first kappa shape index (κ1) is 9.84. The maximum absolute atomic E-state index is 11.7. The van der Waals surface area contributed by atoms with Crippen LogP contribution >= 0.6 is 0 Å². The van der Waals surface area contributed by atoms with Crippen molar-refractivity contribution in [2.45, 2.75) is 0 Å².